The second-order valence-electron chi connectivity index (χ2n) is 5.21. The van der Waals surface area contributed by atoms with Crippen LogP contribution in [0.4, 0.5) is 0 Å². The average molecular weight is 314 g/mol. The first-order chi connectivity index (χ1) is 9.75. The second kappa shape index (κ2) is 7.53. The van der Waals surface area contributed by atoms with Crippen LogP contribution < -0.4 is 10.5 Å². The maximum atomic E-state index is 12.0. The third kappa shape index (κ3) is 5.82. The van der Waals surface area contributed by atoms with Crippen LogP contribution in [-0.2, 0) is 20.5 Å². The predicted molar refractivity (Wildman–Crippen MR) is 81.2 cm³/mol. The summed E-state index contributed by atoms with van der Waals surface area (Å²) in [5, 5.41) is 0. The normalized spacial score (nSPS) is 13.2. The molecule has 0 spiro atoms. The van der Waals surface area contributed by atoms with Crippen LogP contribution in [0.3, 0.4) is 0 Å². The summed E-state index contributed by atoms with van der Waals surface area (Å²) in [5.74, 6) is -0.512. The molecular weight excluding hydrogens is 292 g/mol. The summed E-state index contributed by atoms with van der Waals surface area (Å²) >= 11 is 0. The number of esters is 1. The summed E-state index contributed by atoms with van der Waals surface area (Å²) < 4.78 is 31.1. The number of benzene rings is 1. The largest absolute Gasteiger partial charge is 0.465 e. The van der Waals surface area contributed by atoms with Gasteiger partial charge in [0.2, 0.25) is 10.0 Å². The molecule has 118 valence electrons. The predicted octanol–water partition coefficient (Wildman–Crippen LogP) is 0.876. The smallest absolute Gasteiger partial charge is 0.337 e. The fraction of sp³-hybridized carbons (Fsp3) is 0.500. The van der Waals surface area contributed by atoms with E-state index in [1.54, 1.807) is 18.2 Å². The lowest BCUT2D eigenvalue weighted by molar-refractivity contribution is 0.0600. The minimum atomic E-state index is -3.49. The Balaban J connectivity index is 2.73. The van der Waals surface area contributed by atoms with Crippen LogP contribution in [0, 0.1) is 5.92 Å². The molecule has 1 aromatic rings. The van der Waals surface area contributed by atoms with Crippen molar-refractivity contribution in [3.05, 3.63) is 35.4 Å². The molecule has 0 saturated carbocycles. The molecule has 3 N–H and O–H groups in total. The van der Waals surface area contributed by atoms with Gasteiger partial charge in [0.15, 0.2) is 0 Å². The number of ether oxygens (including phenoxy) is 1. The van der Waals surface area contributed by atoms with Crippen LogP contribution in [0.5, 0.6) is 0 Å². The maximum Gasteiger partial charge on any atom is 0.337 e. The SMILES string of the molecule is COC(=O)c1cccc(CS(=O)(=O)NCC(N)C(C)C)c1. The molecule has 7 heteroatoms. The van der Waals surface area contributed by atoms with E-state index in [0.717, 1.165) is 0 Å². The fourth-order valence-corrected chi connectivity index (χ4v) is 2.80. The Bertz CT molecular complexity index is 584. The van der Waals surface area contributed by atoms with Gasteiger partial charge in [0, 0.05) is 12.6 Å². The molecule has 0 aromatic heterocycles. The van der Waals surface area contributed by atoms with Gasteiger partial charge in [-0.25, -0.2) is 17.9 Å². The third-order valence-electron chi connectivity index (χ3n) is 3.10. The molecule has 1 rings (SSSR count). The number of nitrogens with one attached hydrogen (secondary N) is 1. The topological polar surface area (TPSA) is 98.5 Å². The molecule has 1 unspecified atom stereocenters. The van der Waals surface area contributed by atoms with Crippen molar-refractivity contribution in [3.63, 3.8) is 0 Å². The maximum absolute atomic E-state index is 12.0. The number of nitrogens with two attached hydrogens (primary N) is 1. The number of hydrogen-bond acceptors (Lipinski definition) is 5. The van der Waals surface area contributed by atoms with E-state index in [0.29, 0.717) is 11.1 Å². The summed E-state index contributed by atoms with van der Waals surface area (Å²) in [6.07, 6.45) is 0. The Morgan fingerprint density at radius 3 is 2.62 bits per heavy atom. The van der Waals surface area contributed by atoms with Crippen molar-refractivity contribution in [2.45, 2.75) is 25.6 Å². The summed E-state index contributed by atoms with van der Waals surface area (Å²) in [6.45, 7) is 4.05. The van der Waals surface area contributed by atoms with Gasteiger partial charge in [-0.3, -0.25) is 0 Å². The van der Waals surface area contributed by atoms with Crippen LogP contribution in [0.2, 0.25) is 0 Å². The van der Waals surface area contributed by atoms with Gasteiger partial charge in [0.25, 0.3) is 0 Å². The first kappa shape index (κ1) is 17.6. The molecule has 1 atom stereocenters. The summed E-state index contributed by atoms with van der Waals surface area (Å²) in [4.78, 5) is 11.4. The number of rotatable bonds is 7. The molecule has 0 aliphatic heterocycles. The fourth-order valence-electron chi connectivity index (χ4n) is 1.64. The monoisotopic (exact) mass is 314 g/mol. The number of methoxy groups -OCH3 is 1. The van der Waals surface area contributed by atoms with Gasteiger partial charge in [-0.15, -0.1) is 0 Å². The summed E-state index contributed by atoms with van der Waals surface area (Å²) in [7, 11) is -2.22. The van der Waals surface area contributed by atoms with Gasteiger partial charge in [0.05, 0.1) is 18.4 Å². The molecular formula is C14H22N2O4S. The summed E-state index contributed by atoms with van der Waals surface area (Å²) in [6, 6.07) is 6.11. The molecule has 0 saturated heterocycles. The highest BCUT2D eigenvalue weighted by Crippen LogP contribution is 2.10. The molecule has 6 nitrogen and oxygen atoms in total. The van der Waals surface area contributed by atoms with Gasteiger partial charge >= 0.3 is 5.97 Å². The van der Waals surface area contributed by atoms with Crippen molar-refractivity contribution in [2.75, 3.05) is 13.7 Å². The third-order valence-corrected chi connectivity index (χ3v) is 4.42. The highest BCUT2D eigenvalue weighted by molar-refractivity contribution is 7.88. The molecule has 0 radical (unpaired) electrons. The molecule has 1 aromatic carbocycles. The minimum absolute atomic E-state index is 0.190. The molecule has 0 amide bonds. The Morgan fingerprint density at radius 2 is 2.05 bits per heavy atom. The molecule has 0 fully saturated rings. The van der Waals surface area contributed by atoms with E-state index >= 15 is 0 Å². The lowest BCUT2D eigenvalue weighted by Crippen LogP contribution is -2.40. The Kier molecular flexibility index (Phi) is 6.32. The highest BCUT2D eigenvalue weighted by atomic mass is 32.2. The van der Waals surface area contributed by atoms with Crippen LogP contribution in [0.1, 0.15) is 29.8 Å². The van der Waals surface area contributed by atoms with Gasteiger partial charge in [0.1, 0.15) is 0 Å². The minimum Gasteiger partial charge on any atom is -0.465 e. The van der Waals surface area contributed by atoms with E-state index in [-0.39, 0.29) is 24.3 Å². The zero-order chi connectivity index (χ0) is 16.0. The molecule has 0 aliphatic rings. The van der Waals surface area contributed by atoms with Gasteiger partial charge in [-0.2, -0.15) is 0 Å². The molecule has 0 aliphatic carbocycles. The van der Waals surface area contributed by atoms with Gasteiger partial charge in [-0.05, 0) is 23.6 Å². The van der Waals surface area contributed by atoms with Gasteiger partial charge < -0.3 is 10.5 Å². The number of sulfonamides is 1. The lowest BCUT2D eigenvalue weighted by atomic mass is 10.1. The van der Waals surface area contributed by atoms with Crippen molar-refractivity contribution in [3.8, 4) is 0 Å². The van der Waals surface area contributed by atoms with Crippen molar-refractivity contribution >= 4 is 16.0 Å². The van der Waals surface area contributed by atoms with E-state index in [1.165, 1.54) is 13.2 Å². The van der Waals surface area contributed by atoms with E-state index in [4.69, 9.17) is 5.73 Å². The van der Waals surface area contributed by atoms with Crippen molar-refractivity contribution in [2.24, 2.45) is 11.7 Å². The average Bonchev–Trinajstić information content (AvgIpc) is 2.43. The molecule has 0 bridgehead atoms. The zero-order valence-corrected chi connectivity index (χ0v) is 13.3. The molecule has 0 heterocycles. The first-order valence-electron chi connectivity index (χ1n) is 6.65. The zero-order valence-electron chi connectivity index (χ0n) is 12.5. The number of carbonyl (C=O) groups excluding carboxylic acids is 1. The number of hydrogen-bond donors (Lipinski definition) is 2. The van der Waals surface area contributed by atoms with Crippen LogP contribution in [-0.4, -0.2) is 34.1 Å². The second-order valence-corrected chi connectivity index (χ2v) is 7.01. The van der Waals surface area contributed by atoms with E-state index in [9.17, 15) is 13.2 Å². The van der Waals surface area contributed by atoms with E-state index < -0.39 is 16.0 Å². The Labute approximate surface area is 125 Å². The van der Waals surface area contributed by atoms with Crippen molar-refractivity contribution < 1.29 is 17.9 Å². The Morgan fingerprint density at radius 1 is 1.38 bits per heavy atom. The number of carbonyl (C=O) groups is 1. The van der Waals surface area contributed by atoms with Crippen LogP contribution >= 0.6 is 0 Å². The van der Waals surface area contributed by atoms with E-state index in [2.05, 4.69) is 9.46 Å². The first-order valence-corrected chi connectivity index (χ1v) is 8.30. The lowest BCUT2D eigenvalue weighted by Gasteiger charge is -2.16. The van der Waals surface area contributed by atoms with E-state index in [1.807, 2.05) is 13.8 Å². The van der Waals surface area contributed by atoms with Crippen LogP contribution in [0.15, 0.2) is 24.3 Å². The van der Waals surface area contributed by atoms with Crippen LogP contribution in [0.25, 0.3) is 0 Å². The van der Waals surface area contributed by atoms with Gasteiger partial charge in [-0.1, -0.05) is 26.0 Å². The van der Waals surface area contributed by atoms with Crippen molar-refractivity contribution in [1.82, 2.24) is 4.72 Å². The van der Waals surface area contributed by atoms with Crippen molar-refractivity contribution in [1.29, 1.82) is 0 Å². The highest BCUT2D eigenvalue weighted by Gasteiger charge is 2.16. The standard InChI is InChI=1S/C14H22N2O4S/c1-10(2)13(15)8-16-21(18,19)9-11-5-4-6-12(7-11)14(17)20-3/h4-7,10,13,16H,8-9,15H2,1-3H3. The quantitative estimate of drug-likeness (QED) is 0.728. The molecule has 21 heavy (non-hydrogen) atoms. The summed E-state index contributed by atoms with van der Waals surface area (Å²) in [5.41, 5.74) is 6.65. The Hall–Kier alpha value is -1.44.